The molecule has 0 spiro atoms. The molecule has 10 heteroatoms. The van der Waals surface area contributed by atoms with Crippen LogP contribution in [0.15, 0.2) is 59.6 Å². The molecule has 0 radical (unpaired) electrons. The van der Waals surface area contributed by atoms with Crippen LogP contribution in [0.5, 0.6) is 5.75 Å². The lowest BCUT2D eigenvalue weighted by atomic mass is 10.1. The summed E-state index contributed by atoms with van der Waals surface area (Å²) < 4.78 is 73.1. The molecule has 2 aromatic carbocycles. The average molecular weight is 530 g/mol. The SMILES string of the molecule is [2H]C([2H])(CN1CCCC1)Oc1ccc(Nc2ncc(C)c(Nc3cccc(S(=O)(=O)NC(C)(C)C([2H])([2H])[2H])c3)n2)cc1. The molecule has 0 unspecified atom stereocenters. The molecular weight excluding hydrogens is 488 g/mol. The van der Waals surface area contributed by atoms with Crippen molar-refractivity contribution in [1.82, 2.24) is 19.6 Å². The monoisotopic (exact) mass is 529 g/mol. The van der Waals surface area contributed by atoms with Crippen LogP contribution in [-0.4, -0.2) is 55.0 Å². The first-order chi connectivity index (χ1) is 19.5. The van der Waals surface area contributed by atoms with Gasteiger partial charge in [-0.1, -0.05) is 6.07 Å². The number of nitrogens with one attached hydrogen (secondary N) is 3. The molecule has 1 aliphatic heterocycles. The van der Waals surface area contributed by atoms with Crippen LogP contribution in [0.25, 0.3) is 0 Å². The van der Waals surface area contributed by atoms with E-state index in [4.69, 9.17) is 11.6 Å². The minimum atomic E-state index is -4.13. The van der Waals surface area contributed by atoms with Gasteiger partial charge in [-0.15, -0.1) is 0 Å². The summed E-state index contributed by atoms with van der Waals surface area (Å²) in [6.45, 7) is 2.06. The lowest BCUT2D eigenvalue weighted by molar-refractivity contribution is 0.238. The highest BCUT2D eigenvalue weighted by Crippen LogP contribution is 2.24. The third-order valence-electron chi connectivity index (χ3n) is 5.56. The van der Waals surface area contributed by atoms with E-state index in [2.05, 4.69) is 30.2 Å². The summed E-state index contributed by atoms with van der Waals surface area (Å²) in [4.78, 5) is 10.8. The second-order valence-electron chi connectivity index (χ2n) is 9.49. The van der Waals surface area contributed by atoms with Crippen molar-refractivity contribution in [1.29, 1.82) is 0 Å². The second-order valence-corrected chi connectivity index (χ2v) is 11.2. The summed E-state index contributed by atoms with van der Waals surface area (Å²) in [6, 6.07) is 12.8. The van der Waals surface area contributed by atoms with E-state index in [-0.39, 0.29) is 17.4 Å². The van der Waals surface area contributed by atoms with Gasteiger partial charge < -0.3 is 15.4 Å². The maximum Gasteiger partial charge on any atom is 0.241 e. The van der Waals surface area contributed by atoms with E-state index >= 15 is 0 Å². The Hall–Kier alpha value is -3.21. The summed E-state index contributed by atoms with van der Waals surface area (Å²) in [5.41, 5.74) is 0.137. The van der Waals surface area contributed by atoms with Crippen LogP contribution >= 0.6 is 0 Å². The number of nitrogens with zero attached hydrogens (tertiary/aromatic N) is 3. The first kappa shape index (κ1) is 20.8. The fourth-order valence-corrected chi connectivity index (χ4v) is 5.11. The second kappa shape index (κ2) is 11.5. The summed E-state index contributed by atoms with van der Waals surface area (Å²) in [5, 5.41) is 6.21. The highest BCUT2D eigenvalue weighted by atomic mass is 32.2. The number of ether oxygens (including phenoxy) is 1. The van der Waals surface area contributed by atoms with Crippen LogP contribution in [-0.2, 0) is 10.0 Å². The fourth-order valence-electron chi connectivity index (χ4n) is 3.78. The zero-order valence-electron chi connectivity index (χ0n) is 26.2. The Morgan fingerprint density at radius 1 is 1.11 bits per heavy atom. The van der Waals surface area contributed by atoms with Crippen LogP contribution in [0.3, 0.4) is 0 Å². The van der Waals surface area contributed by atoms with Gasteiger partial charge in [0.15, 0.2) is 0 Å². The van der Waals surface area contributed by atoms with Gasteiger partial charge in [-0.25, -0.2) is 18.1 Å². The molecule has 0 atom stereocenters. The van der Waals surface area contributed by atoms with Crippen molar-refractivity contribution in [2.45, 2.75) is 50.9 Å². The predicted octanol–water partition coefficient (Wildman–Crippen LogP) is 4.82. The van der Waals surface area contributed by atoms with Crippen LogP contribution in [0.4, 0.5) is 23.1 Å². The zero-order valence-corrected chi connectivity index (χ0v) is 22.0. The molecule has 2 heterocycles. The molecule has 3 aromatic rings. The van der Waals surface area contributed by atoms with E-state index in [1.54, 1.807) is 49.5 Å². The highest BCUT2D eigenvalue weighted by molar-refractivity contribution is 7.89. The number of benzene rings is 2. The van der Waals surface area contributed by atoms with Gasteiger partial charge in [-0.2, -0.15) is 4.98 Å². The largest absolute Gasteiger partial charge is 0.492 e. The van der Waals surface area contributed by atoms with Crippen molar-refractivity contribution in [2.75, 3.05) is 36.8 Å². The molecule has 4 rings (SSSR count). The Morgan fingerprint density at radius 2 is 1.86 bits per heavy atom. The number of rotatable bonds is 10. The zero-order chi connectivity index (χ0) is 30.8. The smallest absolute Gasteiger partial charge is 0.241 e. The number of hydrogen-bond donors (Lipinski definition) is 3. The van der Waals surface area contributed by atoms with Gasteiger partial charge in [0.25, 0.3) is 0 Å². The Kier molecular flexibility index (Phi) is 6.44. The summed E-state index contributed by atoms with van der Waals surface area (Å²) in [6.07, 6.45) is 3.77. The maximum atomic E-state index is 12.9. The van der Waals surface area contributed by atoms with E-state index in [1.807, 2.05) is 0 Å². The van der Waals surface area contributed by atoms with Crippen molar-refractivity contribution in [3.63, 3.8) is 0 Å². The number of anilines is 4. The standard InChI is InChI=1S/C27H36N6O3S/c1-20-19-28-26(30-21-10-12-23(13-11-21)36-17-16-33-14-5-6-15-33)31-25(20)29-22-8-7-9-24(18-22)37(34,35)32-27(2,3)4/h7-13,18-19,32H,5-6,14-17H2,1-4H3,(H2,28,29,30,31)/i2D3,17D2. The highest BCUT2D eigenvalue weighted by Gasteiger charge is 2.22. The molecule has 3 N–H and O–H groups in total. The van der Waals surface area contributed by atoms with E-state index in [1.165, 1.54) is 26.0 Å². The van der Waals surface area contributed by atoms with E-state index in [0.29, 0.717) is 28.5 Å². The summed E-state index contributed by atoms with van der Waals surface area (Å²) >= 11 is 0. The van der Waals surface area contributed by atoms with Gasteiger partial charge in [0.2, 0.25) is 16.0 Å². The van der Waals surface area contributed by atoms with E-state index in [9.17, 15) is 8.42 Å². The molecular formula is C27H36N6O3S. The van der Waals surface area contributed by atoms with Crippen molar-refractivity contribution >= 4 is 33.2 Å². The molecule has 1 saturated heterocycles. The number of sulfonamides is 1. The van der Waals surface area contributed by atoms with Crippen molar-refractivity contribution in [3.05, 3.63) is 60.3 Å². The van der Waals surface area contributed by atoms with Gasteiger partial charge in [0.05, 0.1) is 7.64 Å². The van der Waals surface area contributed by atoms with Gasteiger partial charge >= 0.3 is 0 Å². The minimum absolute atomic E-state index is 0.0954. The molecule has 37 heavy (non-hydrogen) atoms. The quantitative estimate of drug-likeness (QED) is 0.343. The Morgan fingerprint density at radius 3 is 2.59 bits per heavy atom. The molecule has 1 aromatic heterocycles. The third-order valence-corrected chi connectivity index (χ3v) is 7.21. The molecule has 0 bridgehead atoms. The van der Waals surface area contributed by atoms with Crippen molar-refractivity contribution in [3.8, 4) is 5.75 Å². The first-order valence-corrected chi connectivity index (χ1v) is 13.5. The molecule has 0 saturated carbocycles. The molecule has 1 fully saturated rings. The lowest BCUT2D eigenvalue weighted by Crippen LogP contribution is -2.40. The Balaban J connectivity index is 1.43. The number of aryl methyl sites for hydroxylation is 1. The van der Waals surface area contributed by atoms with Gasteiger partial charge in [0.1, 0.15) is 18.1 Å². The average Bonchev–Trinajstić information content (AvgIpc) is 3.38. The Bertz CT molecular complexity index is 1490. The molecule has 1 aliphatic rings. The topological polar surface area (TPSA) is 108 Å². The molecule has 0 aliphatic carbocycles. The number of aromatic nitrogens is 2. The van der Waals surface area contributed by atoms with Crippen LogP contribution < -0.4 is 20.1 Å². The minimum Gasteiger partial charge on any atom is -0.492 e. The van der Waals surface area contributed by atoms with E-state index < -0.39 is 29.0 Å². The first-order valence-electron chi connectivity index (χ1n) is 14.6. The van der Waals surface area contributed by atoms with Crippen LogP contribution in [0.2, 0.25) is 0 Å². The number of likely N-dealkylation sites (tertiary alicyclic amines) is 1. The normalized spacial score (nSPS) is 17.2. The van der Waals surface area contributed by atoms with Gasteiger partial charge in [-0.3, -0.25) is 4.90 Å². The number of hydrogen-bond acceptors (Lipinski definition) is 8. The summed E-state index contributed by atoms with van der Waals surface area (Å²) in [5.74, 6) is 1.13. The van der Waals surface area contributed by atoms with Crippen molar-refractivity contribution in [2.24, 2.45) is 0 Å². The van der Waals surface area contributed by atoms with Crippen LogP contribution in [0, 0.1) is 6.92 Å². The predicted molar refractivity (Wildman–Crippen MR) is 147 cm³/mol. The van der Waals surface area contributed by atoms with Crippen molar-refractivity contribution < 1.29 is 20.0 Å². The maximum absolute atomic E-state index is 12.9. The Labute approximate surface area is 226 Å². The fraction of sp³-hybridized carbons (Fsp3) is 0.407. The molecule has 0 amide bonds. The summed E-state index contributed by atoms with van der Waals surface area (Å²) in [7, 11) is -4.13. The van der Waals surface area contributed by atoms with Crippen LogP contribution in [0.1, 0.15) is 46.0 Å². The molecule has 9 nitrogen and oxygen atoms in total. The third kappa shape index (κ3) is 7.88. The van der Waals surface area contributed by atoms with Gasteiger partial charge in [-0.05, 0) is 96.0 Å². The van der Waals surface area contributed by atoms with E-state index in [0.717, 1.165) is 25.9 Å². The molecule has 198 valence electrons. The lowest BCUT2D eigenvalue weighted by Gasteiger charge is -2.20. The van der Waals surface area contributed by atoms with Gasteiger partial charge in [0, 0.05) is 39.3 Å².